The second-order valence-corrected chi connectivity index (χ2v) is 6.66. The SMILES string of the molecule is COc1ccc(CN=C(N)NCc2ccc(COc3ccccc3)cc2)cc1OC. The summed E-state index contributed by atoms with van der Waals surface area (Å²) in [7, 11) is 3.22. The number of nitrogens with one attached hydrogen (secondary N) is 1. The number of nitrogens with two attached hydrogens (primary N) is 1. The maximum Gasteiger partial charge on any atom is 0.189 e. The van der Waals surface area contributed by atoms with E-state index in [-0.39, 0.29) is 0 Å². The van der Waals surface area contributed by atoms with Gasteiger partial charge < -0.3 is 25.3 Å². The highest BCUT2D eigenvalue weighted by Gasteiger charge is 2.04. The fraction of sp³-hybridized carbons (Fsp3) is 0.208. The molecule has 0 saturated heterocycles. The van der Waals surface area contributed by atoms with Gasteiger partial charge in [-0.15, -0.1) is 0 Å². The number of methoxy groups -OCH3 is 2. The van der Waals surface area contributed by atoms with E-state index in [2.05, 4.69) is 34.6 Å². The molecule has 156 valence electrons. The largest absolute Gasteiger partial charge is 0.493 e. The van der Waals surface area contributed by atoms with Crippen LogP contribution in [0.1, 0.15) is 16.7 Å². The van der Waals surface area contributed by atoms with Gasteiger partial charge in [0.25, 0.3) is 0 Å². The summed E-state index contributed by atoms with van der Waals surface area (Å²) in [5, 5.41) is 3.14. The Labute approximate surface area is 177 Å². The van der Waals surface area contributed by atoms with Crippen molar-refractivity contribution in [3.63, 3.8) is 0 Å². The van der Waals surface area contributed by atoms with E-state index >= 15 is 0 Å². The normalized spacial score (nSPS) is 11.1. The van der Waals surface area contributed by atoms with Crippen molar-refractivity contribution in [2.45, 2.75) is 19.7 Å². The Morgan fingerprint density at radius 1 is 0.833 bits per heavy atom. The second kappa shape index (κ2) is 10.8. The van der Waals surface area contributed by atoms with Crippen molar-refractivity contribution < 1.29 is 14.2 Å². The molecule has 6 heteroatoms. The monoisotopic (exact) mass is 405 g/mol. The smallest absolute Gasteiger partial charge is 0.189 e. The van der Waals surface area contributed by atoms with E-state index in [0.717, 1.165) is 22.4 Å². The third-order valence-corrected chi connectivity index (χ3v) is 4.53. The van der Waals surface area contributed by atoms with Crippen LogP contribution in [-0.4, -0.2) is 20.2 Å². The van der Waals surface area contributed by atoms with Crippen LogP contribution in [0.2, 0.25) is 0 Å². The minimum Gasteiger partial charge on any atom is -0.493 e. The van der Waals surface area contributed by atoms with E-state index in [1.54, 1.807) is 14.2 Å². The molecule has 3 aromatic rings. The molecule has 6 nitrogen and oxygen atoms in total. The topological polar surface area (TPSA) is 78.1 Å². The zero-order valence-corrected chi connectivity index (χ0v) is 17.3. The van der Waals surface area contributed by atoms with Gasteiger partial charge in [0.1, 0.15) is 12.4 Å². The molecular formula is C24H27N3O3. The number of hydrogen-bond donors (Lipinski definition) is 2. The van der Waals surface area contributed by atoms with Crippen molar-refractivity contribution in [1.82, 2.24) is 5.32 Å². The van der Waals surface area contributed by atoms with Crippen LogP contribution in [0.3, 0.4) is 0 Å². The van der Waals surface area contributed by atoms with Crippen LogP contribution in [0, 0.1) is 0 Å². The maximum absolute atomic E-state index is 6.00. The zero-order valence-electron chi connectivity index (χ0n) is 17.3. The van der Waals surface area contributed by atoms with Crippen LogP contribution >= 0.6 is 0 Å². The third-order valence-electron chi connectivity index (χ3n) is 4.53. The summed E-state index contributed by atoms with van der Waals surface area (Å²) in [6.07, 6.45) is 0. The molecule has 0 amide bonds. The molecule has 0 bridgehead atoms. The molecule has 0 radical (unpaired) electrons. The number of nitrogens with zero attached hydrogens (tertiary/aromatic N) is 1. The minimum atomic E-state index is 0.390. The van der Waals surface area contributed by atoms with Gasteiger partial charge in [0.15, 0.2) is 17.5 Å². The summed E-state index contributed by atoms with van der Waals surface area (Å²) >= 11 is 0. The fourth-order valence-electron chi connectivity index (χ4n) is 2.84. The number of rotatable bonds is 9. The van der Waals surface area contributed by atoms with Crippen LogP contribution in [0.4, 0.5) is 0 Å². The first kappa shape index (κ1) is 21.0. The first-order valence-corrected chi connectivity index (χ1v) is 9.68. The Bertz CT molecular complexity index is 957. The molecule has 0 aromatic heterocycles. The van der Waals surface area contributed by atoms with Gasteiger partial charge in [0.2, 0.25) is 0 Å². The zero-order chi connectivity index (χ0) is 21.2. The number of para-hydroxylation sites is 1. The lowest BCUT2D eigenvalue weighted by molar-refractivity contribution is 0.306. The molecule has 3 aromatic carbocycles. The Balaban J connectivity index is 1.47. The summed E-state index contributed by atoms with van der Waals surface area (Å²) in [6.45, 7) is 1.59. The molecule has 0 unspecified atom stereocenters. The molecule has 0 aliphatic rings. The number of benzene rings is 3. The van der Waals surface area contributed by atoms with Gasteiger partial charge in [0, 0.05) is 6.54 Å². The third kappa shape index (κ3) is 6.17. The van der Waals surface area contributed by atoms with Gasteiger partial charge in [-0.3, -0.25) is 0 Å². The molecule has 0 atom stereocenters. The van der Waals surface area contributed by atoms with Crippen molar-refractivity contribution in [2.24, 2.45) is 10.7 Å². The van der Waals surface area contributed by atoms with Crippen molar-refractivity contribution in [3.8, 4) is 17.2 Å². The van der Waals surface area contributed by atoms with Gasteiger partial charge in [-0.05, 0) is 41.0 Å². The van der Waals surface area contributed by atoms with Gasteiger partial charge in [-0.2, -0.15) is 0 Å². The van der Waals surface area contributed by atoms with Crippen molar-refractivity contribution >= 4 is 5.96 Å². The highest BCUT2D eigenvalue weighted by Crippen LogP contribution is 2.27. The first-order chi connectivity index (χ1) is 14.7. The number of ether oxygens (including phenoxy) is 3. The van der Waals surface area contributed by atoms with Crippen molar-refractivity contribution in [3.05, 3.63) is 89.5 Å². The summed E-state index contributed by atoms with van der Waals surface area (Å²) in [5.41, 5.74) is 9.21. The van der Waals surface area contributed by atoms with Gasteiger partial charge in [-0.1, -0.05) is 48.5 Å². The average Bonchev–Trinajstić information content (AvgIpc) is 2.81. The van der Waals surface area contributed by atoms with E-state index in [1.165, 1.54) is 0 Å². The lowest BCUT2D eigenvalue weighted by atomic mass is 10.1. The Kier molecular flexibility index (Phi) is 7.55. The maximum atomic E-state index is 6.00. The predicted octanol–water partition coefficient (Wildman–Crippen LogP) is 3.89. The Morgan fingerprint density at radius 3 is 2.20 bits per heavy atom. The van der Waals surface area contributed by atoms with Gasteiger partial charge >= 0.3 is 0 Å². The van der Waals surface area contributed by atoms with Crippen LogP contribution in [-0.2, 0) is 19.7 Å². The highest BCUT2D eigenvalue weighted by atomic mass is 16.5. The summed E-state index contributed by atoms with van der Waals surface area (Å²) in [4.78, 5) is 4.39. The standard InChI is InChI=1S/C24H27N3O3/c1-28-22-13-12-20(14-23(22)29-2)16-27-24(25)26-15-18-8-10-19(11-9-18)17-30-21-6-4-3-5-7-21/h3-14H,15-17H2,1-2H3,(H3,25,26,27). The quantitative estimate of drug-likeness (QED) is 0.417. The number of aliphatic imine (C=N–C) groups is 1. The summed E-state index contributed by atoms with van der Waals surface area (Å²) in [6, 6.07) is 23.7. The van der Waals surface area contributed by atoms with E-state index in [0.29, 0.717) is 37.2 Å². The van der Waals surface area contributed by atoms with Crippen LogP contribution in [0.25, 0.3) is 0 Å². The fourth-order valence-corrected chi connectivity index (χ4v) is 2.84. The first-order valence-electron chi connectivity index (χ1n) is 9.68. The Hall–Kier alpha value is -3.67. The van der Waals surface area contributed by atoms with E-state index in [4.69, 9.17) is 19.9 Å². The Morgan fingerprint density at radius 2 is 1.50 bits per heavy atom. The minimum absolute atomic E-state index is 0.390. The van der Waals surface area contributed by atoms with E-state index < -0.39 is 0 Å². The second-order valence-electron chi connectivity index (χ2n) is 6.66. The van der Waals surface area contributed by atoms with Crippen LogP contribution in [0.15, 0.2) is 77.8 Å². The predicted molar refractivity (Wildman–Crippen MR) is 119 cm³/mol. The molecular weight excluding hydrogens is 378 g/mol. The molecule has 0 heterocycles. The van der Waals surface area contributed by atoms with E-state index in [9.17, 15) is 0 Å². The van der Waals surface area contributed by atoms with Crippen molar-refractivity contribution in [1.29, 1.82) is 0 Å². The average molecular weight is 405 g/mol. The molecule has 30 heavy (non-hydrogen) atoms. The number of hydrogen-bond acceptors (Lipinski definition) is 4. The van der Waals surface area contributed by atoms with E-state index in [1.807, 2.05) is 48.5 Å². The van der Waals surface area contributed by atoms with Gasteiger partial charge in [-0.25, -0.2) is 4.99 Å². The molecule has 0 fully saturated rings. The van der Waals surface area contributed by atoms with Crippen LogP contribution in [0.5, 0.6) is 17.2 Å². The molecule has 3 rings (SSSR count). The molecule has 3 N–H and O–H groups in total. The lowest BCUT2D eigenvalue weighted by Crippen LogP contribution is -2.31. The summed E-state index contributed by atoms with van der Waals surface area (Å²) < 4.78 is 16.3. The summed E-state index contributed by atoms with van der Waals surface area (Å²) in [5.74, 6) is 2.62. The van der Waals surface area contributed by atoms with Crippen LogP contribution < -0.4 is 25.3 Å². The highest BCUT2D eigenvalue weighted by molar-refractivity contribution is 5.77. The molecule has 0 aliphatic carbocycles. The molecule has 0 saturated carbocycles. The molecule has 0 spiro atoms. The molecule has 0 aliphatic heterocycles. The lowest BCUT2D eigenvalue weighted by Gasteiger charge is -2.10. The number of guanidine groups is 1. The van der Waals surface area contributed by atoms with Crippen molar-refractivity contribution in [2.75, 3.05) is 14.2 Å². The van der Waals surface area contributed by atoms with Gasteiger partial charge in [0.05, 0.1) is 20.8 Å².